The number of nitrogens with two attached hydrogens (primary N) is 1. The van der Waals surface area contributed by atoms with E-state index >= 15 is 0 Å². The van der Waals surface area contributed by atoms with E-state index in [9.17, 15) is 18.4 Å². The minimum atomic E-state index is -0.907. The molecule has 1 atom stereocenters. The van der Waals surface area contributed by atoms with Crippen molar-refractivity contribution in [2.45, 2.75) is 26.8 Å². The Morgan fingerprint density at radius 3 is 2.33 bits per heavy atom. The molecule has 1 amide bonds. The molecule has 0 bridgehead atoms. The van der Waals surface area contributed by atoms with Crippen LogP contribution in [0.5, 0.6) is 0 Å². The zero-order chi connectivity index (χ0) is 16.2. The molecule has 0 aliphatic carbocycles. The van der Waals surface area contributed by atoms with Crippen molar-refractivity contribution < 1.29 is 18.4 Å². The molecule has 2 N–H and O–H groups in total. The van der Waals surface area contributed by atoms with E-state index in [1.165, 1.54) is 0 Å². The zero-order valence-corrected chi connectivity index (χ0v) is 12.4. The van der Waals surface area contributed by atoms with Gasteiger partial charge in [0.2, 0.25) is 5.91 Å². The fraction of sp³-hybridized carbons (Fsp3) is 0.467. The highest BCUT2D eigenvalue weighted by Gasteiger charge is 2.26. The van der Waals surface area contributed by atoms with Gasteiger partial charge in [-0.3, -0.25) is 14.5 Å². The molecule has 0 aliphatic rings. The molecule has 4 nitrogen and oxygen atoms in total. The van der Waals surface area contributed by atoms with Crippen molar-refractivity contribution in [2.75, 3.05) is 13.1 Å². The monoisotopic (exact) mass is 298 g/mol. The number of ketones is 1. The summed E-state index contributed by atoms with van der Waals surface area (Å²) in [7, 11) is 0. The lowest BCUT2D eigenvalue weighted by Crippen LogP contribution is -2.45. The summed E-state index contributed by atoms with van der Waals surface area (Å²) in [5.41, 5.74) is 4.99. The summed E-state index contributed by atoms with van der Waals surface area (Å²) in [6.45, 7) is 5.83. The number of nitrogens with zero attached hydrogens (tertiary/aromatic N) is 1. The molecule has 1 rings (SSSR count). The van der Waals surface area contributed by atoms with Crippen molar-refractivity contribution >= 4 is 11.7 Å². The lowest BCUT2D eigenvalue weighted by Gasteiger charge is -2.28. The van der Waals surface area contributed by atoms with E-state index in [0.717, 1.165) is 12.1 Å². The SMILES string of the molecule is CC(C)CN(CC(N)=O)C(C)C(=O)c1ccc(F)cc1F. The highest BCUT2D eigenvalue weighted by molar-refractivity contribution is 6.00. The second kappa shape index (κ2) is 7.26. The summed E-state index contributed by atoms with van der Waals surface area (Å²) in [6, 6.07) is 2.09. The highest BCUT2D eigenvalue weighted by atomic mass is 19.1. The van der Waals surface area contributed by atoms with Gasteiger partial charge in [0, 0.05) is 12.6 Å². The topological polar surface area (TPSA) is 63.4 Å². The number of carbonyl (C=O) groups is 2. The maximum atomic E-state index is 13.7. The van der Waals surface area contributed by atoms with Gasteiger partial charge in [-0.05, 0) is 25.0 Å². The number of Topliss-reactive ketones (excluding diaryl/α,β-unsaturated/α-hetero) is 1. The molecule has 6 heteroatoms. The van der Waals surface area contributed by atoms with Crippen molar-refractivity contribution in [2.24, 2.45) is 11.7 Å². The number of halogens is 2. The van der Waals surface area contributed by atoms with Gasteiger partial charge >= 0.3 is 0 Å². The van der Waals surface area contributed by atoms with Crippen LogP contribution in [0.25, 0.3) is 0 Å². The number of primary amides is 1. The number of benzene rings is 1. The number of rotatable bonds is 7. The van der Waals surface area contributed by atoms with Crippen LogP contribution >= 0.6 is 0 Å². The summed E-state index contributed by atoms with van der Waals surface area (Å²) in [6.07, 6.45) is 0. The Labute approximate surface area is 122 Å². The largest absolute Gasteiger partial charge is 0.369 e. The molecule has 0 aromatic heterocycles. The lowest BCUT2D eigenvalue weighted by molar-refractivity contribution is -0.119. The van der Waals surface area contributed by atoms with E-state index in [4.69, 9.17) is 5.73 Å². The Balaban J connectivity index is 2.98. The van der Waals surface area contributed by atoms with Gasteiger partial charge < -0.3 is 5.73 Å². The molecule has 0 heterocycles. The molecule has 0 spiro atoms. The summed E-state index contributed by atoms with van der Waals surface area (Å²) < 4.78 is 26.6. The maximum absolute atomic E-state index is 13.7. The minimum Gasteiger partial charge on any atom is -0.369 e. The fourth-order valence-electron chi connectivity index (χ4n) is 2.11. The average molecular weight is 298 g/mol. The van der Waals surface area contributed by atoms with Crippen LogP contribution in [-0.4, -0.2) is 35.7 Å². The van der Waals surface area contributed by atoms with Crippen molar-refractivity contribution in [1.29, 1.82) is 0 Å². The molecule has 1 aromatic carbocycles. The number of hydrogen-bond donors (Lipinski definition) is 1. The molecule has 1 aromatic rings. The van der Waals surface area contributed by atoms with Gasteiger partial charge in [-0.2, -0.15) is 0 Å². The third kappa shape index (κ3) is 4.90. The third-order valence-corrected chi connectivity index (χ3v) is 3.08. The van der Waals surface area contributed by atoms with Crippen LogP contribution in [-0.2, 0) is 4.79 Å². The van der Waals surface area contributed by atoms with Crippen molar-refractivity contribution in [3.8, 4) is 0 Å². The fourth-order valence-corrected chi connectivity index (χ4v) is 2.11. The molecule has 0 aliphatic heterocycles. The first-order chi connectivity index (χ1) is 9.72. The number of amides is 1. The van der Waals surface area contributed by atoms with Gasteiger partial charge in [-0.25, -0.2) is 8.78 Å². The molecule has 0 saturated carbocycles. The Kier molecular flexibility index (Phi) is 5.96. The molecular weight excluding hydrogens is 278 g/mol. The van der Waals surface area contributed by atoms with Gasteiger partial charge in [0.05, 0.1) is 18.2 Å². The smallest absolute Gasteiger partial charge is 0.231 e. The van der Waals surface area contributed by atoms with Crippen LogP contribution in [0.3, 0.4) is 0 Å². The molecule has 116 valence electrons. The Bertz CT molecular complexity index is 532. The maximum Gasteiger partial charge on any atom is 0.231 e. The van der Waals surface area contributed by atoms with Gasteiger partial charge in [0.1, 0.15) is 11.6 Å². The first-order valence-corrected chi connectivity index (χ1v) is 6.74. The normalized spacial score (nSPS) is 12.7. The molecule has 0 saturated heterocycles. The van der Waals surface area contributed by atoms with Crippen LogP contribution in [0.1, 0.15) is 31.1 Å². The van der Waals surface area contributed by atoms with Crippen molar-refractivity contribution in [1.82, 2.24) is 4.90 Å². The number of hydrogen-bond acceptors (Lipinski definition) is 3. The van der Waals surface area contributed by atoms with Crippen LogP contribution in [0, 0.1) is 17.6 Å². The standard InChI is InChI=1S/C15H20F2N2O2/c1-9(2)7-19(8-14(18)20)10(3)15(21)12-5-4-11(16)6-13(12)17/h4-6,9-10H,7-8H2,1-3H3,(H2,18,20). The predicted octanol–water partition coefficient (Wildman–Crippen LogP) is 1.98. The van der Waals surface area contributed by atoms with Crippen LogP contribution in [0.15, 0.2) is 18.2 Å². The summed E-state index contributed by atoms with van der Waals surface area (Å²) in [5.74, 6) is -2.51. The molecule has 1 unspecified atom stereocenters. The van der Waals surface area contributed by atoms with Gasteiger partial charge in [-0.15, -0.1) is 0 Å². The van der Waals surface area contributed by atoms with Gasteiger partial charge in [0.15, 0.2) is 5.78 Å². The summed E-state index contributed by atoms with van der Waals surface area (Å²) in [5, 5.41) is 0. The Morgan fingerprint density at radius 2 is 1.86 bits per heavy atom. The van der Waals surface area contributed by atoms with E-state index in [2.05, 4.69) is 0 Å². The van der Waals surface area contributed by atoms with Crippen LogP contribution in [0.2, 0.25) is 0 Å². The zero-order valence-electron chi connectivity index (χ0n) is 12.4. The molecule has 0 fully saturated rings. The average Bonchev–Trinajstić information content (AvgIpc) is 2.35. The second-order valence-electron chi connectivity index (χ2n) is 5.45. The lowest BCUT2D eigenvalue weighted by atomic mass is 10.0. The van der Waals surface area contributed by atoms with Crippen molar-refractivity contribution in [3.05, 3.63) is 35.4 Å². The van der Waals surface area contributed by atoms with E-state index in [-0.39, 0.29) is 18.0 Å². The first kappa shape index (κ1) is 17.2. The third-order valence-electron chi connectivity index (χ3n) is 3.08. The molecule has 21 heavy (non-hydrogen) atoms. The number of carbonyl (C=O) groups excluding carboxylic acids is 2. The van der Waals surface area contributed by atoms with Gasteiger partial charge in [0.25, 0.3) is 0 Å². The van der Waals surface area contributed by atoms with E-state index in [1.54, 1.807) is 11.8 Å². The van der Waals surface area contributed by atoms with E-state index in [1.807, 2.05) is 13.8 Å². The van der Waals surface area contributed by atoms with Crippen LogP contribution in [0.4, 0.5) is 8.78 Å². The Hall–Kier alpha value is -1.82. The molecule has 0 radical (unpaired) electrons. The molecular formula is C15H20F2N2O2. The Morgan fingerprint density at radius 1 is 1.24 bits per heavy atom. The van der Waals surface area contributed by atoms with E-state index < -0.39 is 29.4 Å². The van der Waals surface area contributed by atoms with Crippen molar-refractivity contribution in [3.63, 3.8) is 0 Å². The summed E-state index contributed by atoms with van der Waals surface area (Å²) in [4.78, 5) is 25.0. The highest BCUT2D eigenvalue weighted by Crippen LogP contribution is 2.15. The minimum absolute atomic E-state index is 0.0894. The summed E-state index contributed by atoms with van der Waals surface area (Å²) >= 11 is 0. The first-order valence-electron chi connectivity index (χ1n) is 6.74. The van der Waals surface area contributed by atoms with E-state index in [0.29, 0.717) is 12.6 Å². The predicted molar refractivity (Wildman–Crippen MR) is 75.8 cm³/mol. The quantitative estimate of drug-likeness (QED) is 0.783. The van der Waals surface area contributed by atoms with Crippen LogP contribution < -0.4 is 5.73 Å². The van der Waals surface area contributed by atoms with Gasteiger partial charge in [-0.1, -0.05) is 13.8 Å². The second-order valence-corrected chi connectivity index (χ2v) is 5.45.